The van der Waals surface area contributed by atoms with Crippen LogP contribution in [0.1, 0.15) is 5.56 Å². The molecular weight excluding hydrogens is 266 g/mol. The largest absolute Gasteiger partial charge is 0.595 e. The van der Waals surface area contributed by atoms with Crippen molar-refractivity contribution in [2.24, 2.45) is 0 Å². The first-order valence-electron chi connectivity index (χ1n) is 5.57. The van der Waals surface area contributed by atoms with E-state index in [0.717, 1.165) is 5.56 Å². The molecule has 0 aromatic heterocycles. The maximum absolute atomic E-state index is 12.4. The first-order chi connectivity index (χ1) is 8.93. The molecule has 0 saturated carbocycles. The zero-order chi connectivity index (χ0) is 14.0. The minimum atomic E-state index is -3.81. The van der Waals surface area contributed by atoms with Crippen LogP contribution >= 0.6 is 0 Å². The predicted molar refractivity (Wildman–Crippen MR) is 68.8 cm³/mol. The van der Waals surface area contributed by atoms with Crippen molar-refractivity contribution in [3.8, 4) is 0 Å². The minimum Gasteiger partial charge on any atom is -0.595 e. The molecule has 100 valence electrons. The molecule has 1 atom stereocenters. The highest BCUT2D eigenvalue weighted by atomic mass is 32.2. The maximum atomic E-state index is 12.4. The third-order valence-corrected chi connectivity index (χ3v) is 4.57. The fourth-order valence-electron chi connectivity index (χ4n) is 1.72. The molecule has 0 heterocycles. The van der Waals surface area contributed by atoms with E-state index < -0.39 is 15.1 Å². The summed E-state index contributed by atoms with van der Waals surface area (Å²) in [6.07, 6.45) is 0. The van der Waals surface area contributed by atoms with Crippen molar-refractivity contribution in [1.82, 2.24) is 0 Å². The molecule has 5 nitrogen and oxygen atoms in total. The van der Waals surface area contributed by atoms with Gasteiger partial charge in [0.2, 0.25) is 9.84 Å². The van der Waals surface area contributed by atoms with Gasteiger partial charge in [-0.15, -0.1) is 0 Å². The summed E-state index contributed by atoms with van der Waals surface area (Å²) in [6, 6.07) is 11.9. The Labute approximate surface area is 111 Å². The Morgan fingerprint density at radius 1 is 1.05 bits per heavy atom. The Balaban J connectivity index is 2.60. The number of rotatable bonds is 3. The van der Waals surface area contributed by atoms with Crippen molar-refractivity contribution in [2.45, 2.75) is 16.7 Å². The van der Waals surface area contributed by atoms with E-state index in [-0.39, 0.29) is 15.5 Å². The molecular formula is C13H13NO4S. The van der Waals surface area contributed by atoms with E-state index in [4.69, 9.17) is 5.21 Å². The summed E-state index contributed by atoms with van der Waals surface area (Å²) in [7, 11) is -3.81. The van der Waals surface area contributed by atoms with Gasteiger partial charge in [-0.25, -0.2) is 13.6 Å². The molecule has 0 fully saturated rings. The lowest BCUT2D eigenvalue weighted by Gasteiger charge is -2.15. The lowest BCUT2D eigenvalue weighted by molar-refractivity contribution is -0.992. The number of benzene rings is 2. The van der Waals surface area contributed by atoms with Gasteiger partial charge in [-0.05, 0) is 25.1 Å². The van der Waals surface area contributed by atoms with Crippen LogP contribution in [0.4, 0.5) is 5.69 Å². The third-order valence-electron chi connectivity index (χ3n) is 2.74. The number of sulfone groups is 1. The fourth-order valence-corrected chi connectivity index (χ4v) is 3.17. The van der Waals surface area contributed by atoms with Crippen LogP contribution in [-0.2, 0) is 9.84 Å². The van der Waals surface area contributed by atoms with E-state index in [1.54, 1.807) is 12.1 Å². The van der Waals surface area contributed by atoms with Crippen molar-refractivity contribution in [3.63, 3.8) is 0 Å². The second kappa shape index (κ2) is 5.10. The monoisotopic (exact) mass is 279 g/mol. The van der Waals surface area contributed by atoms with E-state index in [2.05, 4.69) is 0 Å². The Kier molecular flexibility index (Phi) is 3.68. The second-order valence-electron chi connectivity index (χ2n) is 4.12. The molecule has 2 aromatic rings. The smallest absolute Gasteiger partial charge is 0.212 e. The molecule has 19 heavy (non-hydrogen) atoms. The lowest BCUT2D eigenvalue weighted by atomic mass is 10.2. The molecule has 0 aliphatic rings. The Hall–Kier alpha value is -1.73. The fraction of sp³-hybridized carbons (Fsp3) is 0.0769. The molecule has 0 spiro atoms. The van der Waals surface area contributed by atoms with Gasteiger partial charge in [0.15, 0.2) is 5.69 Å². The Morgan fingerprint density at radius 3 is 2.21 bits per heavy atom. The lowest BCUT2D eigenvalue weighted by Crippen LogP contribution is -2.99. The molecule has 0 aliphatic carbocycles. The number of hydrogen-bond acceptors (Lipinski definition) is 4. The molecule has 0 aliphatic heterocycles. The van der Waals surface area contributed by atoms with E-state index in [0.29, 0.717) is 0 Å². The van der Waals surface area contributed by atoms with Crippen LogP contribution in [0.2, 0.25) is 0 Å². The number of quaternary nitrogens is 1. The average molecular weight is 279 g/mol. The number of hydrogen-bond donors (Lipinski definition) is 2. The SMILES string of the molecule is Cc1ccc(S(=O)(=O)c2ccccc2[NH+]([O-])O)cc1. The summed E-state index contributed by atoms with van der Waals surface area (Å²) < 4.78 is 24.8. The molecule has 2 N–H and O–H groups in total. The van der Waals surface area contributed by atoms with E-state index in [9.17, 15) is 13.6 Å². The van der Waals surface area contributed by atoms with Gasteiger partial charge in [0.25, 0.3) is 0 Å². The zero-order valence-electron chi connectivity index (χ0n) is 10.2. The standard InChI is InChI=1S/C13H13NO4S/c1-10-6-8-11(9-7-10)19(17,18)13-5-3-2-4-12(13)14(15)16/h2-9,14-15H,1H3. The van der Waals surface area contributed by atoms with Gasteiger partial charge in [0.1, 0.15) is 4.90 Å². The van der Waals surface area contributed by atoms with Gasteiger partial charge < -0.3 is 5.21 Å². The average Bonchev–Trinajstić information content (AvgIpc) is 2.39. The van der Waals surface area contributed by atoms with Crippen LogP contribution in [0.3, 0.4) is 0 Å². The van der Waals surface area contributed by atoms with E-state index in [1.807, 2.05) is 6.92 Å². The zero-order valence-corrected chi connectivity index (χ0v) is 11.0. The first-order valence-corrected chi connectivity index (χ1v) is 7.05. The van der Waals surface area contributed by atoms with Crippen molar-refractivity contribution in [2.75, 3.05) is 0 Å². The van der Waals surface area contributed by atoms with Crippen LogP contribution in [0.25, 0.3) is 0 Å². The number of aryl methyl sites for hydroxylation is 1. The van der Waals surface area contributed by atoms with Crippen molar-refractivity contribution >= 4 is 15.5 Å². The van der Waals surface area contributed by atoms with Crippen LogP contribution in [-0.4, -0.2) is 13.6 Å². The molecule has 0 saturated heterocycles. The summed E-state index contributed by atoms with van der Waals surface area (Å²) in [5, 5.41) is 18.9. The summed E-state index contributed by atoms with van der Waals surface area (Å²) in [6.45, 7) is 1.85. The highest BCUT2D eigenvalue weighted by molar-refractivity contribution is 7.91. The number of nitrogens with one attached hydrogen (secondary N) is 1. The van der Waals surface area contributed by atoms with Gasteiger partial charge in [-0.1, -0.05) is 29.8 Å². The summed E-state index contributed by atoms with van der Waals surface area (Å²) >= 11 is 0. The molecule has 2 aromatic carbocycles. The van der Waals surface area contributed by atoms with Gasteiger partial charge in [-0.2, -0.15) is 5.23 Å². The first kappa shape index (κ1) is 13.7. The van der Waals surface area contributed by atoms with Crippen molar-refractivity contribution in [3.05, 3.63) is 59.3 Å². The molecule has 1 unspecified atom stereocenters. The van der Waals surface area contributed by atoms with Crippen molar-refractivity contribution in [1.29, 1.82) is 0 Å². The summed E-state index contributed by atoms with van der Waals surface area (Å²) in [5.41, 5.74) is 0.716. The van der Waals surface area contributed by atoms with Crippen molar-refractivity contribution < 1.29 is 18.9 Å². The molecule has 6 heteroatoms. The predicted octanol–water partition coefficient (Wildman–Crippen LogP) is 1.23. The van der Waals surface area contributed by atoms with Crippen LogP contribution in [0, 0.1) is 12.1 Å². The molecule has 0 radical (unpaired) electrons. The Morgan fingerprint density at radius 2 is 1.63 bits per heavy atom. The van der Waals surface area contributed by atoms with E-state index >= 15 is 0 Å². The van der Waals surface area contributed by atoms with Gasteiger partial charge in [0.05, 0.1) is 4.90 Å². The topological polar surface area (TPSA) is 81.9 Å². The third kappa shape index (κ3) is 2.66. The highest BCUT2D eigenvalue weighted by Crippen LogP contribution is 2.25. The van der Waals surface area contributed by atoms with Crippen LogP contribution < -0.4 is 5.23 Å². The Bertz CT molecular complexity index is 678. The van der Waals surface area contributed by atoms with Gasteiger partial charge >= 0.3 is 0 Å². The van der Waals surface area contributed by atoms with Gasteiger partial charge in [0, 0.05) is 6.07 Å². The maximum Gasteiger partial charge on any atom is 0.212 e. The van der Waals surface area contributed by atoms with Crippen LogP contribution in [0.15, 0.2) is 58.3 Å². The highest BCUT2D eigenvalue weighted by Gasteiger charge is 2.24. The minimum absolute atomic E-state index is 0.0896. The number of para-hydroxylation sites is 1. The molecule has 2 rings (SSSR count). The quantitative estimate of drug-likeness (QED) is 0.828. The summed E-state index contributed by atoms with van der Waals surface area (Å²) in [5.74, 6) is 0. The van der Waals surface area contributed by atoms with Crippen LogP contribution in [0.5, 0.6) is 0 Å². The molecule has 0 amide bonds. The second-order valence-corrected chi connectivity index (χ2v) is 6.04. The summed E-state index contributed by atoms with van der Waals surface area (Å²) in [4.78, 5) is -0.0989. The molecule has 0 bridgehead atoms. The van der Waals surface area contributed by atoms with Gasteiger partial charge in [-0.3, -0.25) is 0 Å². The van der Waals surface area contributed by atoms with E-state index in [1.165, 1.54) is 36.4 Å². The normalized spacial score (nSPS) is 13.2.